The highest BCUT2D eigenvalue weighted by atomic mass is 35.5. The van der Waals surface area contributed by atoms with Gasteiger partial charge >= 0.3 is 5.97 Å². The van der Waals surface area contributed by atoms with Crippen LogP contribution >= 0.6 is 11.6 Å². The first-order chi connectivity index (χ1) is 9.79. The molecule has 1 unspecified atom stereocenters. The molecule has 1 heterocycles. The molecule has 0 aliphatic carbocycles. The quantitative estimate of drug-likeness (QED) is 0.839. The summed E-state index contributed by atoms with van der Waals surface area (Å²) in [5.41, 5.74) is -0.579. The molecule has 0 amide bonds. The van der Waals surface area contributed by atoms with E-state index in [-0.39, 0.29) is 17.7 Å². The van der Waals surface area contributed by atoms with Crippen molar-refractivity contribution in [1.29, 1.82) is 0 Å². The number of hydrogen-bond acceptors (Lipinski definition) is 5. The zero-order valence-corrected chi connectivity index (χ0v) is 12.4. The number of hydrogen-bond donors (Lipinski definition) is 1. The molecule has 6 nitrogen and oxygen atoms in total. The van der Waals surface area contributed by atoms with Gasteiger partial charge in [0.25, 0.3) is 0 Å². The summed E-state index contributed by atoms with van der Waals surface area (Å²) in [5.74, 6) is -2.30. The Morgan fingerprint density at radius 1 is 1.52 bits per heavy atom. The first-order valence-corrected chi connectivity index (χ1v) is 8.02. The van der Waals surface area contributed by atoms with Crippen LogP contribution in [-0.2, 0) is 19.5 Å². The van der Waals surface area contributed by atoms with Crippen LogP contribution in [0.25, 0.3) is 0 Å². The van der Waals surface area contributed by atoms with Crippen molar-refractivity contribution in [2.24, 2.45) is 5.14 Å². The van der Waals surface area contributed by atoms with E-state index >= 15 is 0 Å². The molecule has 21 heavy (non-hydrogen) atoms. The van der Waals surface area contributed by atoms with Crippen LogP contribution in [0.15, 0.2) is 17.0 Å². The molecule has 0 aromatic heterocycles. The highest BCUT2D eigenvalue weighted by molar-refractivity contribution is 7.89. The molecule has 1 aliphatic heterocycles. The van der Waals surface area contributed by atoms with Gasteiger partial charge in [-0.3, -0.25) is 0 Å². The zero-order valence-electron chi connectivity index (χ0n) is 10.8. The molecule has 1 aromatic rings. The van der Waals surface area contributed by atoms with Gasteiger partial charge in [0, 0.05) is 11.6 Å². The van der Waals surface area contributed by atoms with E-state index in [2.05, 4.69) is 0 Å². The summed E-state index contributed by atoms with van der Waals surface area (Å²) in [6, 6.07) is 1.83. The number of rotatable bonds is 4. The molecule has 1 saturated heterocycles. The maximum Gasteiger partial charge on any atom is 0.341 e. The first kappa shape index (κ1) is 16.2. The standard InChI is InChI=1S/C12H13ClFNO5S/c13-7-4-9(11(14)10(5-7)21(15,17)18)12(16)20-6-8-2-1-3-19-8/h4-5,8H,1-3,6H2,(H2,15,17,18). The smallest absolute Gasteiger partial charge is 0.341 e. The van der Waals surface area contributed by atoms with Gasteiger partial charge in [-0.2, -0.15) is 0 Å². The topological polar surface area (TPSA) is 95.7 Å². The Bertz CT molecular complexity index is 658. The van der Waals surface area contributed by atoms with Gasteiger partial charge in [0.05, 0.1) is 11.7 Å². The lowest BCUT2D eigenvalue weighted by molar-refractivity contribution is 0.0157. The second-order valence-electron chi connectivity index (χ2n) is 4.54. The van der Waals surface area contributed by atoms with E-state index in [1.165, 1.54) is 0 Å². The lowest BCUT2D eigenvalue weighted by Gasteiger charge is -2.11. The van der Waals surface area contributed by atoms with E-state index in [4.69, 9.17) is 26.2 Å². The van der Waals surface area contributed by atoms with Gasteiger partial charge in [0.2, 0.25) is 10.0 Å². The molecule has 1 fully saturated rings. The van der Waals surface area contributed by atoms with Crippen LogP contribution in [0.1, 0.15) is 23.2 Å². The molecule has 0 spiro atoms. The van der Waals surface area contributed by atoms with E-state index in [1.807, 2.05) is 0 Å². The maximum absolute atomic E-state index is 14.0. The monoisotopic (exact) mass is 337 g/mol. The summed E-state index contributed by atoms with van der Waals surface area (Å²) in [4.78, 5) is 11.0. The Labute approximate surface area is 126 Å². The van der Waals surface area contributed by atoms with Crippen LogP contribution in [0.4, 0.5) is 4.39 Å². The lowest BCUT2D eigenvalue weighted by atomic mass is 10.2. The van der Waals surface area contributed by atoms with Gasteiger partial charge in [-0.1, -0.05) is 11.6 Å². The molecule has 2 rings (SSSR count). The maximum atomic E-state index is 14.0. The number of carbonyl (C=O) groups is 1. The van der Waals surface area contributed by atoms with E-state index in [1.54, 1.807) is 0 Å². The largest absolute Gasteiger partial charge is 0.459 e. The van der Waals surface area contributed by atoms with Gasteiger partial charge in [-0.25, -0.2) is 22.7 Å². The van der Waals surface area contributed by atoms with E-state index in [0.717, 1.165) is 25.0 Å². The SMILES string of the molecule is NS(=O)(=O)c1cc(Cl)cc(C(=O)OCC2CCCO2)c1F. The van der Waals surface area contributed by atoms with E-state index in [9.17, 15) is 17.6 Å². The number of benzene rings is 1. The number of sulfonamides is 1. The molecule has 1 aromatic carbocycles. The third-order valence-corrected chi connectivity index (χ3v) is 4.08. The number of nitrogens with two attached hydrogens (primary N) is 1. The normalized spacial score (nSPS) is 18.7. The van der Waals surface area contributed by atoms with Crippen molar-refractivity contribution in [1.82, 2.24) is 0 Å². The molecule has 116 valence electrons. The van der Waals surface area contributed by atoms with Crippen molar-refractivity contribution in [2.45, 2.75) is 23.8 Å². The second kappa shape index (κ2) is 6.27. The summed E-state index contributed by atoms with van der Waals surface area (Å²) < 4.78 is 46.7. The van der Waals surface area contributed by atoms with Gasteiger partial charge in [-0.05, 0) is 25.0 Å². The molecule has 2 N–H and O–H groups in total. The van der Waals surface area contributed by atoms with Gasteiger partial charge in [0.1, 0.15) is 11.5 Å². The predicted molar refractivity (Wildman–Crippen MR) is 72.0 cm³/mol. The second-order valence-corrected chi connectivity index (χ2v) is 6.51. The van der Waals surface area contributed by atoms with Crippen molar-refractivity contribution in [3.63, 3.8) is 0 Å². The molecule has 0 saturated carbocycles. The fourth-order valence-electron chi connectivity index (χ4n) is 1.94. The Morgan fingerprint density at radius 3 is 2.81 bits per heavy atom. The molecule has 0 radical (unpaired) electrons. The highest BCUT2D eigenvalue weighted by Gasteiger charge is 2.25. The predicted octanol–water partition coefficient (Wildman–Crippen LogP) is 1.46. The number of primary sulfonamides is 1. The zero-order chi connectivity index (χ0) is 15.6. The summed E-state index contributed by atoms with van der Waals surface area (Å²) >= 11 is 5.68. The molecule has 9 heteroatoms. The molecule has 1 aliphatic rings. The molecule has 1 atom stereocenters. The van der Waals surface area contributed by atoms with Crippen molar-refractivity contribution in [3.05, 3.63) is 28.5 Å². The number of ether oxygens (including phenoxy) is 2. The summed E-state index contributed by atoms with van der Waals surface area (Å²) in [7, 11) is -4.33. The Hall–Kier alpha value is -1.22. The molecular weight excluding hydrogens is 325 g/mol. The van der Waals surface area contributed by atoms with Gasteiger partial charge < -0.3 is 9.47 Å². The first-order valence-electron chi connectivity index (χ1n) is 6.09. The van der Waals surface area contributed by atoms with Crippen LogP contribution in [0.3, 0.4) is 0 Å². The Morgan fingerprint density at radius 2 is 2.24 bits per heavy atom. The molecular formula is C12H13ClFNO5S. The lowest BCUT2D eigenvalue weighted by Crippen LogP contribution is -2.20. The minimum Gasteiger partial charge on any atom is -0.459 e. The van der Waals surface area contributed by atoms with Crippen LogP contribution in [0.2, 0.25) is 5.02 Å². The number of halogens is 2. The number of carbonyl (C=O) groups excluding carboxylic acids is 1. The van der Waals surface area contributed by atoms with Crippen molar-refractivity contribution >= 4 is 27.6 Å². The van der Waals surface area contributed by atoms with E-state index in [0.29, 0.717) is 6.61 Å². The molecule has 0 bridgehead atoms. The Kier molecular flexibility index (Phi) is 4.82. The van der Waals surface area contributed by atoms with Crippen LogP contribution in [0, 0.1) is 5.82 Å². The van der Waals surface area contributed by atoms with E-state index < -0.39 is 32.3 Å². The summed E-state index contributed by atoms with van der Waals surface area (Å²) in [5, 5.41) is 4.74. The third kappa shape index (κ3) is 3.91. The van der Waals surface area contributed by atoms with Crippen molar-refractivity contribution < 1.29 is 27.1 Å². The fourth-order valence-corrected chi connectivity index (χ4v) is 2.88. The van der Waals surface area contributed by atoms with Crippen molar-refractivity contribution in [2.75, 3.05) is 13.2 Å². The van der Waals surface area contributed by atoms with Gasteiger partial charge in [0.15, 0.2) is 5.82 Å². The fraction of sp³-hybridized carbons (Fsp3) is 0.417. The Balaban J connectivity index is 2.22. The van der Waals surface area contributed by atoms with Gasteiger partial charge in [-0.15, -0.1) is 0 Å². The van der Waals surface area contributed by atoms with Crippen LogP contribution in [-0.4, -0.2) is 33.7 Å². The minimum atomic E-state index is -4.33. The average molecular weight is 338 g/mol. The minimum absolute atomic E-state index is 0.0322. The van der Waals surface area contributed by atoms with Crippen LogP contribution < -0.4 is 5.14 Å². The van der Waals surface area contributed by atoms with Crippen LogP contribution in [0.5, 0.6) is 0 Å². The van der Waals surface area contributed by atoms with Crippen molar-refractivity contribution in [3.8, 4) is 0 Å². The third-order valence-electron chi connectivity index (χ3n) is 2.95. The number of esters is 1. The summed E-state index contributed by atoms with van der Waals surface area (Å²) in [6.45, 7) is 0.554. The highest BCUT2D eigenvalue weighted by Crippen LogP contribution is 2.24. The average Bonchev–Trinajstić information content (AvgIpc) is 2.90. The summed E-state index contributed by atoms with van der Waals surface area (Å²) in [6.07, 6.45) is 1.38.